The van der Waals surface area contributed by atoms with E-state index < -0.39 is 0 Å². The Bertz CT molecular complexity index is 529. The van der Waals surface area contributed by atoms with E-state index in [1.54, 1.807) is 12.4 Å². The van der Waals surface area contributed by atoms with Crippen molar-refractivity contribution in [2.24, 2.45) is 11.3 Å². The summed E-state index contributed by atoms with van der Waals surface area (Å²) in [5, 5.41) is 6.48. The number of H-pyrrole nitrogens is 1. The van der Waals surface area contributed by atoms with Crippen molar-refractivity contribution in [2.75, 3.05) is 19.7 Å². The smallest absolute Gasteiger partial charge is 0.312 e. The molecule has 2 heterocycles. The molecular weight excluding hydrogens is 282 g/mol. The monoisotopic (exact) mass is 305 g/mol. The maximum absolute atomic E-state index is 12.4. The zero-order valence-corrected chi connectivity index (χ0v) is 13.0. The van der Waals surface area contributed by atoms with Crippen LogP contribution in [0, 0.1) is 11.3 Å². The molecule has 0 bridgehead atoms. The van der Waals surface area contributed by atoms with Crippen LogP contribution in [-0.4, -0.2) is 46.7 Å². The number of hydrogen-bond donors (Lipinski definition) is 1. The number of amides is 1. The molecule has 0 unspecified atom stereocenters. The summed E-state index contributed by atoms with van der Waals surface area (Å²) in [4.78, 5) is 26.6. The van der Waals surface area contributed by atoms with Crippen molar-refractivity contribution in [1.82, 2.24) is 15.1 Å². The van der Waals surface area contributed by atoms with Crippen LogP contribution in [0.25, 0.3) is 0 Å². The molecule has 1 aliphatic carbocycles. The van der Waals surface area contributed by atoms with E-state index >= 15 is 0 Å². The van der Waals surface area contributed by atoms with Crippen molar-refractivity contribution in [1.29, 1.82) is 0 Å². The number of nitrogens with zero attached hydrogens (tertiary/aromatic N) is 2. The maximum Gasteiger partial charge on any atom is 0.312 e. The number of aromatic amines is 1. The van der Waals surface area contributed by atoms with E-state index in [1.165, 1.54) is 12.8 Å². The lowest BCUT2D eigenvalue weighted by molar-refractivity contribution is -0.159. The number of rotatable bonds is 5. The lowest BCUT2D eigenvalue weighted by Gasteiger charge is -2.40. The number of aromatic nitrogens is 2. The Labute approximate surface area is 130 Å². The molecule has 0 spiro atoms. The second-order valence-corrected chi connectivity index (χ2v) is 6.43. The maximum atomic E-state index is 12.4. The first-order valence-corrected chi connectivity index (χ1v) is 8.10. The van der Waals surface area contributed by atoms with E-state index in [2.05, 4.69) is 10.2 Å². The first-order chi connectivity index (χ1) is 10.6. The zero-order chi connectivity index (χ0) is 15.6. The van der Waals surface area contributed by atoms with E-state index in [0.29, 0.717) is 44.0 Å². The topological polar surface area (TPSA) is 75.3 Å². The van der Waals surface area contributed by atoms with Gasteiger partial charge in [0.2, 0.25) is 0 Å². The van der Waals surface area contributed by atoms with E-state index in [0.717, 1.165) is 6.42 Å². The quantitative estimate of drug-likeness (QED) is 0.844. The highest BCUT2D eigenvalue weighted by molar-refractivity contribution is 5.93. The second kappa shape index (κ2) is 6.10. The molecule has 0 radical (unpaired) electrons. The van der Waals surface area contributed by atoms with Crippen molar-refractivity contribution in [2.45, 2.75) is 39.0 Å². The number of piperidine rings is 1. The molecule has 1 aromatic rings. The van der Waals surface area contributed by atoms with Crippen molar-refractivity contribution in [3.8, 4) is 0 Å². The van der Waals surface area contributed by atoms with Gasteiger partial charge in [0.15, 0.2) is 0 Å². The fourth-order valence-electron chi connectivity index (χ4n) is 3.34. The van der Waals surface area contributed by atoms with Crippen LogP contribution in [0.5, 0.6) is 0 Å². The summed E-state index contributed by atoms with van der Waals surface area (Å²) in [5.41, 5.74) is 0.190. The van der Waals surface area contributed by atoms with E-state index in [1.807, 2.05) is 11.8 Å². The van der Waals surface area contributed by atoms with Gasteiger partial charge in [-0.15, -0.1) is 0 Å². The summed E-state index contributed by atoms with van der Waals surface area (Å²) in [6.45, 7) is 3.48. The van der Waals surface area contributed by atoms with Crippen molar-refractivity contribution in [3.63, 3.8) is 0 Å². The standard InChI is InChI=1S/C16H23N3O3/c1-2-22-15(21)16(9-12-3-4-12)5-7-19(8-6-16)14(20)13-10-17-18-11-13/h10-12H,2-9H2,1H3,(H,17,18). The van der Waals surface area contributed by atoms with Gasteiger partial charge in [-0.1, -0.05) is 12.8 Å². The van der Waals surface area contributed by atoms with Gasteiger partial charge >= 0.3 is 5.97 Å². The minimum absolute atomic E-state index is 0.0161. The van der Waals surface area contributed by atoms with Gasteiger partial charge in [-0.05, 0) is 32.1 Å². The fourth-order valence-corrected chi connectivity index (χ4v) is 3.34. The fraction of sp³-hybridized carbons (Fsp3) is 0.688. The molecule has 1 saturated heterocycles. The normalized spacial score (nSPS) is 20.7. The van der Waals surface area contributed by atoms with Gasteiger partial charge in [0, 0.05) is 19.3 Å². The van der Waals surface area contributed by atoms with Crippen molar-refractivity contribution in [3.05, 3.63) is 18.0 Å². The lowest BCUT2D eigenvalue weighted by atomic mass is 9.74. The van der Waals surface area contributed by atoms with Crippen LogP contribution in [0.4, 0.5) is 0 Å². The Kier molecular flexibility index (Phi) is 4.18. The largest absolute Gasteiger partial charge is 0.466 e. The molecule has 1 N–H and O–H groups in total. The number of hydrogen-bond acceptors (Lipinski definition) is 4. The number of carbonyl (C=O) groups excluding carboxylic acids is 2. The molecule has 0 aromatic carbocycles. The predicted octanol–water partition coefficient (Wildman–Crippen LogP) is 2.00. The molecule has 6 nitrogen and oxygen atoms in total. The summed E-state index contributed by atoms with van der Waals surface area (Å²) in [6, 6.07) is 0. The van der Waals surface area contributed by atoms with Gasteiger partial charge in [-0.25, -0.2) is 0 Å². The number of nitrogens with one attached hydrogen (secondary N) is 1. The van der Waals surface area contributed by atoms with E-state index in [9.17, 15) is 9.59 Å². The van der Waals surface area contributed by atoms with Crippen LogP contribution in [0.1, 0.15) is 49.4 Å². The van der Waals surface area contributed by atoms with E-state index in [4.69, 9.17) is 4.74 Å². The van der Waals surface area contributed by atoms with Gasteiger partial charge in [-0.3, -0.25) is 14.7 Å². The van der Waals surface area contributed by atoms with Gasteiger partial charge in [0.1, 0.15) is 0 Å². The van der Waals surface area contributed by atoms with Gasteiger partial charge in [0.05, 0.1) is 23.8 Å². The van der Waals surface area contributed by atoms with Crippen LogP contribution >= 0.6 is 0 Å². The SMILES string of the molecule is CCOC(=O)C1(CC2CC2)CCN(C(=O)c2cn[nH]c2)CC1. The molecule has 3 rings (SSSR count). The summed E-state index contributed by atoms with van der Waals surface area (Å²) in [5.74, 6) is 0.579. The van der Waals surface area contributed by atoms with Gasteiger partial charge < -0.3 is 9.64 Å². The third-order valence-corrected chi connectivity index (χ3v) is 4.84. The zero-order valence-electron chi connectivity index (χ0n) is 13.0. The van der Waals surface area contributed by atoms with Crippen LogP contribution in [0.15, 0.2) is 12.4 Å². The first-order valence-electron chi connectivity index (χ1n) is 8.10. The Morgan fingerprint density at radius 2 is 2.14 bits per heavy atom. The molecule has 1 amide bonds. The Morgan fingerprint density at radius 3 is 2.68 bits per heavy atom. The summed E-state index contributed by atoms with van der Waals surface area (Å²) in [7, 11) is 0. The van der Waals surface area contributed by atoms with Crippen LogP contribution in [0.2, 0.25) is 0 Å². The number of ether oxygens (including phenoxy) is 1. The summed E-state index contributed by atoms with van der Waals surface area (Å²) >= 11 is 0. The molecule has 0 atom stereocenters. The van der Waals surface area contributed by atoms with Crippen LogP contribution in [-0.2, 0) is 9.53 Å². The van der Waals surface area contributed by atoms with Gasteiger partial charge in [-0.2, -0.15) is 5.10 Å². The first kappa shape index (κ1) is 15.1. The van der Waals surface area contributed by atoms with Crippen LogP contribution < -0.4 is 0 Å². The van der Waals surface area contributed by atoms with Crippen molar-refractivity contribution >= 4 is 11.9 Å². The second-order valence-electron chi connectivity index (χ2n) is 6.43. The Morgan fingerprint density at radius 1 is 1.41 bits per heavy atom. The van der Waals surface area contributed by atoms with Crippen molar-refractivity contribution < 1.29 is 14.3 Å². The number of likely N-dealkylation sites (tertiary alicyclic amines) is 1. The average molecular weight is 305 g/mol. The van der Waals surface area contributed by atoms with Crippen LogP contribution in [0.3, 0.4) is 0 Å². The molecule has 2 fully saturated rings. The molecule has 1 aromatic heterocycles. The Hall–Kier alpha value is -1.85. The highest BCUT2D eigenvalue weighted by Gasteiger charge is 2.46. The lowest BCUT2D eigenvalue weighted by Crippen LogP contribution is -2.47. The van der Waals surface area contributed by atoms with E-state index in [-0.39, 0.29) is 17.3 Å². The van der Waals surface area contributed by atoms with Gasteiger partial charge in [0.25, 0.3) is 5.91 Å². The highest BCUT2D eigenvalue weighted by Crippen LogP contribution is 2.46. The number of esters is 1. The highest BCUT2D eigenvalue weighted by atomic mass is 16.5. The minimum atomic E-state index is -0.385. The Balaban J connectivity index is 1.66. The third kappa shape index (κ3) is 3.00. The predicted molar refractivity (Wildman–Crippen MR) is 80.1 cm³/mol. The third-order valence-electron chi connectivity index (χ3n) is 4.84. The summed E-state index contributed by atoms with van der Waals surface area (Å²) in [6.07, 6.45) is 7.91. The molecule has 6 heteroatoms. The minimum Gasteiger partial charge on any atom is -0.466 e. The molecular formula is C16H23N3O3. The average Bonchev–Trinajstić information content (AvgIpc) is 3.17. The molecule has 120 valence electrons. The summed E-state index contributed by atoms with van der Waals surface area (Å²) < 4.78 is 5.32. The molecule has 1 saturated carbocycles. The number of carbonyl (C=O) groups is 2. The molecule has 22 heavy (non-hydrogen) atoms. The molecule has 2 aliphatic rings. The molecule has 1 aliphatic heterocycles.